The largest absolute Gasteiger partial charge is 0.486 e. The minimum atomic E-state index is -0.518. The van der Waals surface area contributed by atoms with Gasteiger partial charge in [-0.1, -0.05) is 0 Å². The van der Waals surface area contributed by atoms with Crippen LogP contribution in [0.2, 0.25) is 0 Å². The van der Waals surface area contributed by atoms with Gasteiger partial charge < -0.3 is 24.1 Å². The van der Waals surface area contributed by atoms with Gasteiger partial charge in [-0.2, -0.15) is 0 Å². The smallest absolute Gasteiger partial charge is 0.414 e. The Morgan fingerprint density at radius 1 is 1.15 bits per heavy atom. The average Bonchev–Trinajstić information content (AvgIpc) is 3.25. The fourth-order valence-corrected chi connectivity index (χ4v) is 4.30. The third-order valence-corrected chi connectivity index (χ3v) is 6.13. The Morgan fingerprint density at radius 2 is 2.00 bits per heavy atom. The molecule has 9 heteroatoms. The van der Waals surface area contributed by atoms with Crippen molar-refractivity contribution in [3.8, 4) is 17.4 Å². The number of aromatic nitrogens is 2. The first-order chi connectivity index (χ1) is 16.6. The lowest BCUT2D eigenvalue weighted by Gasteiger charge is -2.21. The minimum Gasteiger partial charge on any atom is -0.486 e. The molecule has 9 nitrogen and oxygen atoms in total. The molecule has 1 fully saturated rings. The molecule has 0 bridgehead atoms. The lowest BCUT2D eigenvalue weighted by molar-refractivity contribution is 0.107. The molecule has 2 aliphatic heterocycles. The maximum Gasteiger partial charge on any atom is 0.414 e. The lowest BCUT2D eigenvalue weighted by Crippen LogP contribution is -2.25. The van der Waals surface area contributed by atoms with E-state index in [9.17, 15) is 9.90 Å². The van der Waals surface area contributed by atoms with E-state index >= 15 is 0 Å². The highest BCUT2D eigenvalue weighted by Gasteiger charge is 2.33. The Morgan fingerprint density at radius 3 is 2.85 bits per heavy atom. The van der Waals surface area contributed by atoms with E-state index in [2.05, 4.69) is 9.97 Å². The minimum absolute atomic E-state index is 0.275. The topological polar surface area (TPSA) is 103 Å². The van der Waals surface area contributed by atoms with Crippen molar-refractivity contribution in [2.75, 3.05) is 31.8 Å². The number of fused-ring (bicyclic) bond motifs is 2. The summed E-state index contributed by atoms with van der Waals surface area (Å²) < 4.78 is 21.9. The number of ether oxygens (including phenoxy) is 4. The van der Waals surface area contributed by atoms with Crippen LogP contribution in [0.3, 0.4) is 0 Å². The Bertz CT molecular complexity index is 1190. The van der Waals surface area contributed by atoms with Gasteiger partial charge in [0.15, 0.2) is 11.5 Å². The molecule has 34 heavy (non-hydrogen) atoms. The number of carbonyl (C=O) groups is 1. The van der Waals surface area contributed by atoms with Crippen molar-refractivity contribution < 1.29 is 28.8 Å². The molecule has 4 heterocycles. The van der Waals surface area contributed by atoms with Gasteiger partial charge in [-0.15, -0.1) is 0 Å². The number of rotatable bonds is 8. The summed E-state index contributed by atoms with van der Waals surface area (Å²) in [5.41, 5.74) is 3.31. The SMILES string of the molecule is COc1ccc2nccc(CC[C@@H](O)CC[C@@H]3CN(c4ccc5c(c4)OCCO5)C(=O)O3)c2n1. The van der Waals surface area contributed by atoms with Crippen molar-refractivity contribution in [2.45, 2.75) is 37.9 Å². The summed E-state index contributed by atoms with van der Waals surface area (Å²) in [6.45, 7) is 1.44. The van der Waals surface area contributed by atoms with Crippen LogP contribution in [0.1, 0.15) is 24.8 Å². The standard InChI is InChI=1S/C25H27N3O6/c1-31-23-9-7-20-24(27-23)16(10-11-26-20)2-4-18(29)5-6-19-15-28(25(30)34-19)17-3-8-21-22(14-17)33-13-12-32-21/h3,7-11,14,18-19,29H,2,4-6,12-13,15H2,1H3/t18-,19-/m1/s1. The van der Waals surface area contributed by atoms with Crippen molar-refractivity contribution in [2.24, 2.45) is 0 Å². The van der Waals surface area contributed by atoms with E-state index < -0.39 is 6.10 Å². The van der Waals surface area contributed by atoms with E-state index in [1.807, 2.05) is 18.2 Å². The number of aliphatic hydroxyl groups is 1. The normalized spacial score (nSPS) is 18.1. The number of anilines is 1. The number of benzene rings is 1. The quantitative estimate of drug-likeness (QED) is 0.539. The molecular weight excluding hydrogens is 438 g/mol. The van der Waals surface area contributed by atoms with E-state index in [-0.39, 0.29) is 12.2 Å². The summed E-state index contributed by atoms with van der Waals surface area (Å²) in [6.07, 6.45) is 2.92. The highest BCUT2D eigenvalue weighted by Crippen LogP contribution is 2.35. The summed E-state index contributed by atoms with van der Waals surface area (Å²) in [7, 11) is 1.58. The molecule has 2 atom stereocenters. The average molecular weight is 466 g/mol. The molecule has 0 radical (unpaired) electrons. The van der Waals surface area contributed by atoms with E-state index in [1.165, 1.54) is 0 Å². The molecule has 0 aliphatic carbocycles. The number of aliphatic hydroxyl groups excluding tert-OH is 1. The van der Waals surface area contributed by atoms with Crippen LogP contribution in [0.25, 0.3) is 11.0 Å². The zero-order valence-electron chi connectivity index (χ0n) is 19.0. The number of pyridine rings is 2. The zero-order valence-corrected chi connectivity index (χ0v) is 19.0. The molecule has 1 saturated heterocycles. The molecule has 1 amide bonds. The number of cyclic esters (lactones) is 1. The molecule has 5 rings (SSSR count). The first-order valence-electron chi connectivity index (χ1n) is 11.4. The van der Waals surface area contributed by atoms with Gasteiger partial charge in [0.05, 0.1) is 36.5 Å². The van der Waals surface area contributed by atoms with Gasteiger partial charge in [0, 0.05) is 18.3 Å². The second-order valence-electron chi connectivity index (χ2n) is 8.41. The summed E-state index contributed by atoms with van der Waals surface area (Å²) in [5, 5.41) is 10.6. The number of amides is 1. The maximum atomic E-state index is 12.4. The lowest BCUT2D eigenvalue weighted by atomic mass is 10.0. The number of hydrogen-bond acceptors (Lipinski definition) is 8. The van der Waals surface area contributed by atoms with E-state index in [0.29, 0.717) is 68.5 Å². The van der Waals surface area contributed by atoms with Crippen LogP contribution < -0.4 is 19.1 Å². The zero-order chi connectivity index (χ0) is 23.5. The second-order valence-corrected chi connectivity index (χ2v) is 8.41. The molecule has 2 aromatic heterocycles. The van der Waals surface area contributed by atoms with Crippen LogP contribution in [-0.4, -0.2) is 60.2 Å². The highest BCUT2D eigenvalue weighted by atomic mass is 16.6. The predicted octanol–water partition coefficient (Wildman–Crippen LogP) is 3.51. The Kier molecular flexibility index (Phi) is 6.35. The van der Waals surface area contributed by atoms with E-state index in [4.69, 9.17) is 18.9 Å². The third-order valence-electron chi connectivity index (χ3n) is 6.13. The summed E-state index contributed by atoms with van der Waals surface area (Å²) >= 11 is 0. The van der Waals surface area contributed by atoms with Gasteiger partial charge in [0.2, 0.25) is 5.88 Å². The van der Waals surface area contributed by atoms with E-state index in [1.54, 1.807) is 36.4 Å². The number of hydrogen-bond donors (Lipinski definition) is 1. The van der Waals surface area contributed by atoms with Crippen molar-refractivity contribution in [3.63, 3.8) is 0 Å². The van der Waals surface area contributed by atoms with Gasteiger partial charge in [-0.25, -0.2) is 9.78 Å². The fourth-order valence-electron chi connectivity index (χ4n) is 4.30. The summed E-state index contributed by atoms with van der Waals surface area (Å²) in [5.74, 6) is 1.84. The van der Waals surface area contributed by atoms with Crippen molar-refractivity contribution in [1.82, 2.24) is 9.97 Å². The molecule has 178 valence electrons. The van der Waals surface area contributed by atoms with Gasteiger partial charge >= 0.3 is 6.09 Å². The van der Waals surface area contributed by atoms with Gasteiger partial charge in [-0.05, 0) is 55.5 Å². The summed E-state index contributed by atoms with van der Waals surface area (Å²) in [6, 6.07) is 11.0. The Hall–Kier alpha value is -3.59. The number of aryl methyl sites for hydroxylation is 1. The third kappa shape index (κ3) is 4.70. The molecule has 0 saturated carbocycles. The molecule has 2 aliphatic rings. The fraction of sp³-hybridized carbons (Fsp3) is 0.400. The number of carbonyl (C=O) groups excluding carboxylic acids is 1. The van der Waals surface area contributed by atoms with Crippen molar-refractivity contribution in [1.29, 1.82) is 0 Å². The molecule has 3 aromatic rings. The van der Waals surface area contributed by atoms with Crippen molar-refractivity contribution in [3.05, 3.63) is 48.2 Å². The van der Waals surface area contributed by atoms with E-state index in [0.717, 1.165) is 16.6 Å². The van der Waals surface area contributed by atoms with Gasteiger partial charge in [-0.3, -0.25) is 9.88 Å². The predicted molar refractivity (Wildman–Crippen MR) is 125 cm³/mol. The van der Waals surface area contributed by atoms with Crippen LogP contribution in [0.4, 0.5) is 10.5 Å². The molecule has 1 aromatic carbocycles. The monoisotopic (exact) mass is 465 g/mol. The van der Waals surface area contributed by atoms with Crippen molar-refractivity contribution >= 4 is 22.8 Å². The number of nitrogens with zero attached hydrogens (tertiary/aromatic N) is 3. The Balaban J connectivity index is 1.15. The molecular formula is C25H27N3O6. The Labute approximate surface area is 197 Å². The van der Waals surface area contributed by atoms with Crippen LogP contribution in [0.5, 0.6) is 17.4 Å². The summed E-state index contributed by atoms with van der Waals surface area (Å²) in [4.78, 5) is 22.9. The number of methoxy groups -OCH3 is 1. The van der Waals surface area contributed by atoms with Crippen LogP contribution >= 0.6 is 0 Å². The van der Waals surface area contributed by atoms with Gasteiger partial charge in [0.25, 0.3) is 0 Å². The first-order valence-corrected chi connectivity index (χ1v) is 11.4. The van der Waals surface area contributed by atoms with Crippen LogP contribution in [0.15, 0.2) is 42.6 Å². The molecule has 0 spiro atoms. The van der Waals surface area contributed by atoms with Gasteiger partial charge in [0.1, 0.15) is 19.3 Å². The molecule has 1 N–H and O–H groups in total. The first kappa shape index (κ1) is 22.2. The highest BCUT2D eigenvalue weighted by molar-refractivity contribution is 5.90. The van der Waals surface area contributed by atoms with Crippen LogP contribution in [0, 0.1) is 0 Å². The maximum absolute atomic E-state index is 12.4. The van der Waals surface area contributed by atoms with Crippen LogP contribution in [-0.2, 0) is 11.2 Å². The second kappa shape index (κ2) is 9.72. The molecule has 0 unspecified atom stereocenters.